The van der Waals surface area contributed by atoms with Crippen LogP contribution in [0.5, 0.6) is 0 Å². The van der Waals surface area contributed by atoms with Crippen LogP contribution < -0.4 is 5.32 Å². The summed E-state index contributed by atoms with van der Waals surface area (Å²) >= 11 is 0. The molecule has 2 aromatic rings. The summed E-state index contributed by atoms with van der Waals surface area (Å²) in [5.41, 5.74) is 4.00. The molecule has 1 heterocycles. The molecule has 0 aliphatic heterocycles. The van der Waals surface area contributed by atoms with E-state index in [1.54, 1.807) is 0 Å². The molecular formula is C16H21NO. The lowest BCUT2D eigenvalue weighted by Crippen LogP contribution is -2.18. The largest absolute Gasteiger partial charge is 0.465 e. The zero-order valence-corrected chi connectivity index (χ0v) is 11.6. The Bertz CT molecular complexity index is 528. The quantitative estimate of drug-likeness (QED) is 0.876. The lowest BCUT2D eigenvalue weighted by Gasteiger charge is -2.16. The van der Waals surface area contributed by atoms with E-state index in [-0.39, 0.29) is 0 Å². The van der Waals surface area contributed by atoms with E-state index in [2.05, 4.69) is 44.3 Å². The van der Waals surface area contributed by atoms with Gasteiger partial charge in [0.2, 0.25) is 0 Å². The van der Waals surface area contributed by atoms with Gasteiger partial charge in [-0.2, -0.15) is 0 Å². The van der Waals surface area contributed by atoms with Crippen molar-refractivity contribution in [2.45, 2.75) is 40.3 Å². The zero-order valence-electron chi connectivity index (χ0n) is 11.6. The fourth-order valence-electron chi connectivity index (χ4n) is 2.26. The molecule has 1 N–H and O–H groups in total. The average molecular weight is 243 g/mol. The minimum atomic E-state index is 0.330. The summed E-state index contributed by atoms with van der Waals surface area (Å²) in [4.78, 5) is 0. The Morgan fingerprint density at radius 1 is 1.11 bits per heavy atom. The second kappa shape index (κ2) is 5.40. The van der Waals surface area contributed by atoms with Crippen LogP contribution in [0.1, 0.15) is 41.2 Å². The first kappa shape index (κ1) is 12.9. The van der Waals surface area contributed by atoms with Crippen molar-refractivity contribution < 1.29 is 4.42 Å². The highest BCUT2D eigenvalue weighted by Crippen LogP contribution is 2.19. The van der Waals surface area contributed by atoms with Crippen LogP contribution in [0.15, 0.2) is 34.7 Å². The molecule has 0 amide bonds. The van der Waals surface area contributed by atoms with Crippen molar-refractivity contribution in [2.24, 2.45) is 0 Å². The molecule has 0 aliphatic rings. The molecule has 1 unspecified atom stereocenters. The van der Waals surface area contributed by atoms with Gasteiger partial charge in [0.1, 0.15) is 11.5 Å². The van der Waals surface area contributed by atoms with Gasteiger partial charge in [-0.3, -0.25) is 0 Å². The Labute approximate surface area is 109 Å². The predicted octanol–water partition coefficient (Wildman–Crippen LogP) is 4.06. The van der Waals surface area contributed by atoms with Crippen LogP contribution in [0.4, 0.5) is 0 Å². The van der Waals surface area contributed by atoms with Gasteiger partial charge in [-0.15, -0.1) is 0 Å². The smallest absolute Gasteiger partial charge is 0.117 e. The minimum Gasteiger partial charge on any atom is -0.465 e. The Kier molecular flexibility index (Phi) is 3.87. The second-order valence-corrected chi connectivity index (χ2v) is 4.97. The number of rotatable bonds is 4. The third kappa shape index (κ3) is 3.02. The van der Waals surface area contributed by atoms with Crippen molar-refractivity contribution in [3.05, 3.63) is 58.5 Å². The number of benzene rings is 1. The third-order valence-corrected chi connectivity index (χ3v) is 3.27. The Morgan fingerprint density at radius 3 is 2.50 bits per heavy atom. The summed E-state index contributed by atoms with van der Waals surface area (Å²) in [7, 11) is 0. The molecular weight excluding hydrogens is 222 g/mol. The lowest BCUT2D eigenvalue weighted by molar-refractivity contribution is 0.444. The molecule has 0 saturated carbocycles. The van der Waals surface area contributed by atoms with Crippen molar-refractivity contribution >= 4 is 0 Å². The van der Waals surface area contributed by atoms with E-state index in [0.29, 0.717) is 6.04 Å². The first-order valence-corrected chi connectivity index (χ1v) is 6.42. The standard InChI is InChI=1S/C16H21NO/c1-11-5-8-16(12(2)9-11)14(4)17-10-15-7-6-13(3)18-15/h5-9,14,17H,10H2,1-4H3. The number of aryl methyl sites for hydroxylation is 3. The maximum absolute atomic E-state index is 5.56. The van der Waals surface area contributed by atoms with Crippen molar-refractivity contribution in [2.75, 3.05) is 0 Å². The molecule has 0 bridgehead atoms. The van der Waals surface area contributed by atoms with E-state index < -0.39 is 0 Å². The van der Waals surface area contributed by atoms with Crippen LogP contribution in [-0.2, 0) is 6.54 Å². The summed E-state index contributed by atoms with van der Waals surface area (Å²) in [5, 5.41) is 3.50. The fraction of sp³-hybridized carbons (Fsp3) is 0.375. The molecule has 2 rings (SSSR count). The highest BCUT2D eigenvalue weighted by Gasteiger charge is 2.08. The Morgan fingerprint density at radius 2 is 1.89 bits per heavy atom. The molecule has 1 atom stereocenters. The van der Waals surface area contributed by atoms with Crippen LogP contribution in [0.3, 0.4) is 0 Å². The molecule has 2 nitrogen and oxygen atoms in total. The molecule has 0 radical (unpaired) electrons. The highest BCUT2D eigenvalue weighted by atomic mass is 16.3. The van der Waals surface area contributed by atoms with E-state index in [0.717, 1.165) is 18.1 Å². The number of hydrogen-bond donors (Lipinski definition) is 1. The molecule has 1 aromatic carbocycles. The predicted molar refractivity (Wildman–Crippen MR) is 74.6 cm³/mol. The summed E-state index contributed by atoms with van der Waals surface area (Å²) in [6.45, 7) is 9.21. The number of furan rings is 1. The molecule has 0 spiro atoms. The van der Waals surface area contributed by atoms with Crippen LogP contribution in [0, 0.1) is 20.8 Å². The van der Waals surface area contributed by atoms with Gasteiger partial charge in [0, 0.05) is 6.04 Å². The summed E-state index contributed by atoms with van der Waals surface area (Å²) < 4.78 is 5.56. The van der Waals surface area contributed by atoms with Crippen LogP contribution >= 0.6 is 0 Å². The molecule has 96 valence electrons. The van der Waals surface area contributed by atoms with Gasteiger partial charge in [0.15, 0.2) is 0 Å². The van der Waals surface area contributed by atoms with Gasteiger partial charge in [-0.05, 0) is 51.0 Å². The highest BCUT2D eigenvalue weighted by molar-refractivity contribution is 5.32. The first-order valence-electron chi connectivity index (χ1n) is 6.42. The molecule has 18 heavy (non-hydrogen) atoms. The van der Waals surface area contributed by atoms with Crippen molar-refractivity contribution in [3.63, 3.8) is 0 Å². The van der Waals surface area contributed by atoms with E-state index in [4.69, 9.17) is 4.42 Å². The van der Waals surface area contributed by atoms with Gasteiger partial charge in [-0.25, -0.2) is 0 Å². The Hall–Kier alpha value is -1.54. The van der Waals surface area contributed by atoms with Crippen molar-refractivity contribution in [3.8, 4) is 0 Å². The van der Waals surface area contributed by atoms with E-state index in [9.17, 15) is 0 Å². The van der Waals surface area contributed by atoms with E-state index in [1.807, 2.05) is 19.1 Å². The third-order valence-electron chi connectivity index (χ3n) is 3.27. The summed E-state index contributed by atoms with van der Waals surface area (Å²) in [5.74, 6) is 1.95. The number of hydrogen-bond acceptors (Lipinski definition) is 2. The van der Waals surface area contributed by atoms with Crippen LogP contribution in [0.25, 0.3) is 0 Å². The first-order chi connectivity index (χ1) is 8.56. The molecule has 0 fully saturated rings. The van der Waals surface area contributed by atoms with Gasteiger partial charge in [0.05, 0.1) is 6.54 Å². The molecule has 0 aliphatic carbocycles. The fourth-order valence-corrected chi connectivity index (χ4v) is 2.26. The van der Waals surface area contributed by atoms with Crippen molar-refractivity contribution in [1.29, 1.82) is 0 Å². The maximum Gasteiger partial charge on any atom is 0.117 e. The minimum absolute atomic E-state index is 0.330. The average Bonchev–Trinajstić information content (AvgIpc) is 2.72. The van der Waals surface area contributed by atoms with E-state index in [1.165, 1.54) is 16.7 Å². The molecule has 1 aromatic heterocycles. The molecule has 0 saturated heterocycles. The maximum atomic E-state index is 5.56. The summed E-state index contributed by atoms with van der Waals surface area (Å²) in [6.07, 6.45) is 0. The van der Waals surface area contributed by atoms with Crippen molar-refractivity contribution in [1.82, 2.24) is 5.32 Å². The SMILES string of the molecule is Cc1ccc(C(C)NCc2ccc(C)o2)c(C)c1. The number of nitrogens with one attached hydrogen (secondary N) is 1. The van der Waals surface area contributed by atoms with Gasteiger partial charge < -0.3 is 9.73 Å². The normalized spacial score (nSPS) is 12.7. The Balaban J connectivity index is 2.01. The van der Waals surface area contributed by atoms with Crippen LogP contribution in [-0.4, -0.2) is 0 Å². The second-order valence-electron chi connectivity index (χ2n) is 4.97. The van der Waals surface area contributed by atoms with Gasteiger partial charge >= 0.3 is 0 Å². The molecule has 2 heteroatoms. The summed E-state index contributed by atoms with van der Waals surface area (Å²) in [6, 6.07) is 10.9. The topological polar surface area (TPSA) is 25.2 Å². The van der Waals surface area contributed by atoms with Gasteiger partial charge in [-0.1, -0.05) is 23.8 Å². The zero-order chi connectivity index (χ0) is 13.1. The van der Waals surface area contributed by atoms with Crippen LogP contribution in [0.2, 0.25) is 0 Å². The monoisotopic (exact) mass is 243 g/mol. The van der Waals surface area contributed by atoms with E-state index >= 15 is 0 Å². The lowest BCUT2D eigenvalue weighted by atomic mass is 10.0. The van der Waals surface area contributed by atoms with Gasteiger partial charge in [0.25, 0.3) is 0 Å².